The molecule has 1 heterocycles. The highest BCUT2D eigenvalue weighted by Gasteiger charge is 2.13. The Kier molecular flexibility index (Phi) is 5.75. The SMILES string of the molecule is COc1ccc(C(=O)Nc2ncc(Cc3cccc(Cl)c3)s2)cc1OC. The van der Waals surface area contributed by atoms with Gasteiger partial charge in [0.2, 0.25) is 0 Å². The van der Waals surface area contributed by atoms with Crippen molar-refractivity contribution >= 4 is 34.0 Å². The molecule has 0 aliphatic rings. The molecule has 0 fully saturated rings. The highest BCUT2D eigenvalue weighted by atomic mass is 35.5. The smallest absolute Gasteiger partial charge is 0.257 e. The molecule has 1 N–H and O–H groups in total. The number of carbonyl (C=O) groups is 1. The molecule has 1 amide bonds. The first-order chi connectivity index (χ1) is 12.6. The van der Waals surface area contributed by atoms with E-state index in [0.29, 0.717) is 33.6 Å². The Morgan fingerprint density at radius 3 is 2.69 bits per heavy atom. The molecule has 0 saturated heterocycles. The molecule has 2 aromatic carbocycles. The minimum absolute atomic E-state index is 0.255. The third kappa shape index (κ3) is 4.33. The number of nitrogens with one attached hydrogen (secondary N) is 1. The second-order valence-electron chi connectivity index (χ2n) is 5.46. The number of anilines is 1. The second kappa shape index (κ2) is 8.21. The highest BCUT2D eigenvalue weighted by molar-refractivity contribution is 7.15. The fraction of sp³-hybridized carbons (Fsp3) is 0.158. The summed E-state index contributed by atoms with van der Waals surface area (Å²) in [4.78, 5) is 17.7. The van der Waals surface area contributed by atoms with Gasteiger partial charge in [0.25, 0.3) is 5.91 Å². The second-order valence-corrected chi connectivity index (χ2v) is 7.01. The van der Waals surface area contributed by atoms with E-state index in [-0.39, 0.29) is 5.91 Å². The van der Waals surface area contributed by atoms with Gasteiger partial charge in [0.1, 0.15) is 0 Å². The van der Waals surface area contributed by atoms with E-state index in [4.69, 9.17) is 21.1 Å². The van der Waals surface area contributed by atoms with Crippen molar-refractivity contribution in [1.29, 1.82) is 0 Å². The molecule has 26 heavy (non-hydrogen) atoms. The highest BCUT2D eigenvalue weighted by Crippen LogP contribution is 2.28. The number of nitrogens with zero attached hydrogens (tertiary/aromatic N) is 1. The van der Waals surface area contributed by atoms with Crippen LogP contribution in [0, 0.1) is 0 Å². The molecule has 0 aliphatic carbocycles. The third-order valence-electron chi connectivity index (χ3n) is 3.69. The van der Waals surface area contributed by atoms with Gasteiger partial charge in [-0.3, -0.25) is 10.1 Å². The van der Waals surface area contributed by atoms with E-state index in [1.807, 2.05) is 24.3 Å². The van der Waals surface area contributed by atoms with Gasteiger partial charge in [0.05, 0.1) is 14.2 Å². The van der Waals surface area contributed by atoms with Crippen molar-refractivity contribution in [1.82, 2.24) is 4.98 Å². The lowest BCUT2D eigenvalue weighted by molar-refractivity contribution is 0.102. The summed E-state index contributed by atoms with van der Waals surface area (Å²) in [6.45, 7) is 0. The van der Waals surface area contributed by atoms with Gasteiger partial charge in [-0.15, -0.1) is 11.3 Å². The lowest BCUT2D eigenvalue weighted by Crippen LogP contribution is -2.11. The van der Waals surface area contributed by atoms with E-state index in [1.54, 1.807) is 31.5 Å². The van der Waals surface area contributed by atoms with Crippen LogP contribution in [-0.2, 0) is 6.42 Å². The van der Waals surface area contributed by atoms with Crippen LogP contribution in [0.25, 0.3) is 0 Å². The quantitative estimate of drug-likeness (QED) is 0.667. The Labute approximate surface area is 160 Å². The van der Waals surface area contributed by atoms with Crippen LogP contribution < -0.4 is 14.8 Å². The van der Waals surface area contributed by atoms with E-state index < -0.39 is 0 Å². The summed E-state index contributed by atoms with van der Waals surface area (Å²) in [7, 11) is 3.08. The number of carbonyl (C=O) groups excluding carboxylic acids is 1. The van der Waals surface area contributed by atoms with E-state index in [0.717, 1.165) is 10.4 Å². The molecule has 3 aromatic rings. The van der Waals surface area contributed by atoms with Gasteiger partial charge in [-0.05, 0) is 35.9 Å². The van der Waals surface area contributed by atoms with Crippen LogP contribution in [0.4, 0.5) is 5.13 Å². The topological polar surface area (TPSA) is 60.5 Å². The van der Waals surface area contributed by atoms with Crippen LogP contribution in [0.1, 0.15) is 20.8 Å². The zero-order valence-corrected chi connectivity index (χ0v) is 15.9. The number of methoxy groups -OCH3 is 2. The zero-order chi connectivity index (χ0) is 18.5. The van der Waals surface area contributed by atoms with Gasteiger partial charge in [-0.1, -0.05) is 23.7 Å². The number of ether oxygens (including phenoxy) is 2. The number of benzene rings is 2. The van der Waals surface area contributed by atoms with Gasteiger partial charge < -0.3 is 9.47 Å². The van der Waals surface area contributed by atoms with Crippen molar-refractivity contribution in [3.63, 3.8) is 0 Å². The molecule has 0 atom stereocenters. The lowest BCUT2D eigenvalue weighted by atomic mass is 10.1. The van der Waals surface area contributed by atoms with Gasteiger partial charge >= 0.3 is 0 Å². The molecular formula is C19H17ClN2O3S. The van der Waals surface area contributed by atoms with Gasteiger partial charge in [0, 0.05) is 28.1 Å². The van der Waals surface area contributed by atoms with Crippen LogP contribution in [0.2, 0.25) is 5.02 Å². The summed E-state index contributed by atoms with van der Waals surface area (Å²) in [5.74, 6) is 0.817. The molecule has 0 bridgehead atoms. The summed E-state index contributed by atoms with van der Waals surface area (Å²) in [6.07, 6.45) is 2.47. The molecular weight excluding hydrogens is 372 g/mol. The number of halogens is 1. The van der Waals surface area contributed by atoms with E-state index in [2.05, 4.69) is 10.3 Å². The molecule has 0 saturated carbocycles. The van der Waals surface area contributed by atoms with Gasteiger partial charge in [-0.2, -0.15) is 0 Å². The standard InChI is InChI=1S/C19H17ClN2O3S/c1-24-16-7-6-13(10-17(16)25-2)18(23)22-19-21-11-15(26-19)9-12-4-3-5-14(20)8-12/h3-8,10-11H,9H2,1-2H3,(H,21,22,23). The van der Waals surface area contributed by atoms with Crippen molar-refractivity contribution in [2.75, 3.05) is 19.5 Å². The maximum absolute atomic E-state index is 12.4. The Morgan fingerprint density at radius 2 is 1.96 bits per heavy atom. The predicted molar refractivity (Wildman–Crippen MR) is 104 cm³/mol. The molecule has 0 aliphatic heterocycles. The number of thiazole rings is 1. The Hall–Kier alpha value is -2.57. The Balaban J connectivity index is 1.69. The lowest BCUT2D eigenvalue weighted by Gasteiger charge is -2.09. The van der Waals surface area contributed by atoms with Crippen LogP contribution in [0.3, 0.4) is 0 Å². The molecule has 5 nitrogen and oxygen atoms in total. The maximum atomic E-state index is 12.4. The van der Waals surface area contributed by atoms with Crippen LogP contribution in [-0.4, -0.2) is 25.1 Å². The Morgan fingerprint density at radius 1 is 1.15 bits per heavy atom. The van der Waals surface area contributed by atoms with E-state index in [9.17, 15) is 4.79 Å². The largest absolute Gasteiger partial charge is 0.493 e. The number of hydrogen-bond donors (Lipinski definition) is 1. The first-order valence-electron chi connectivity index (χ1n) is 7.81. The third-order valence-corrected chi connectivity index (χ3v) is 4.83. The summed E-state index contributed by atoms with van der Waals surface area (Å²) < 4.78 is 10.4. The van der Waals surface area contributed by atoms with E-state index >= 15 is 0 Å². The monoisotopic (exact) mass is 388 g/mol. The Bertz CT molecular complexity index is 927. The minimum atomic E-state index is -0.255. The summed E-state index contributed by atoms with van der Waals surface area (Å²) >= 11 is 7.44. The molecule has 0 unspecified atom stereocenters. The predicted octanol–water partition coefficient (Wildman–Crippen LogP) is 4.66. The van der Waals surface area contributed by atoms with Crippen molar-refractivity contribution in [3.8, 4) is 11.5 Å². The van der Waals surface area contributed by atoms with Crippen molar-refractivity contribution in [3.05, 3.63) is 69.7 Å². The number of hydrogen-bond acceptors (Lipinski definition) is 5. The minimum Gasteiger partial charge on any atom is -0.493 e. The van der Waals surface area contributed by atoms with Crippen LogP contribution in [0.15, 0.2) is 48.7 Å². The van der Waals surface area contributed by atoms with Crippen LogP contribution >= 0.6 is 22.9 Å². The first-order valence-corrected chi connectivity index (χ1v) is 9.01. The van der Waals surface area contributed by atoms with Crippen LogP contribution in [0.5, 0.6) is 11.5 Å². The average molecular weight is 389 g/mol. The van der Waals surface area contributed by atoms with Crippen molar-refractivity contribution in [2.45, 2.75) is 6.42 Å². The fourth-order valence-corrected chi connectivity index (χ4v) is 3.50. The first kappa shape index (κ1) is 18.2. The normalized spacial score (nSPS) is 10.4. The number of rotatable bonds is 6. The number of amides is 1. The van der Waals surface area contributed by atoms with Gasteiger partial charge in [-0.25, -0.2) is 4.98 Å². The molecule has 1 aromatic heterocycles. The number of aromatic nitrogens is 1. The molecule has 134 valence electrons. The average Bonchev–Trinajstić information content (AvgIpc) is 3.07. The molecule has 3 rings (SSSR count). The summed E-state index contributed by atoms with van der Waals surface area (Å²) in [5.41, 5.74) is 1.56. The molecule has 0 radical (unpaired) electrons. The molecule has 0 spiro atoms. The zero-order valence-electron chi connectivity index (χ0n) is 14.3. The van der Waals surface area contributed by atoms with E-state index in [1.165, 1.54) is 18.4 Å². The van der Waals surface area contributed by atoms with Crippen molar-refractivity contribution < 1.29 is 14.3 Å². The summed E-state index contributed by atoms with van der Waals surface area (Å²) in [5, 5.41) is 4.06. The van der Waals surface area contributed by atoms with Crippen molar-refractivity contribution in [2.24, 2.45) is 0 Å². The fourth-order valence-electron chi connectivity index (χ4n) is 2.44. The molecule has 7 heteroatoms. The summed E-state index contributed by atoms with van der Waals surface area (Å²) in [6, 6.07) is 12.7. The van der Waals surface area contributed by atoms with Gasteiger partial charge in [0.15, 0.2) is 16.6 Å². The maximum Gasteiger partial charge on any atom is 0.257 e.